The minimum Gasteiger partial charge on any atom is -0.453 e. The molecule has 0 spiro atoms. The molecule has 0 aliphatic heterocycles. The number of nitrogens with one attached hydrogen (secondary N) is 1. The normalized spacial score (nSPS) is 13.1. The number of hydrogen-bond donors (Lipinski definition) is 1. The zero-order valence-corrected chi connectivity index (χ0v) is 17.2. The summed E-state index contributed by atoms with van der Waals surface area (Å²) < 4.78 is 5.83. The van der Waals surface area contributed by atoms with E-state index < -0.39 is 6.09 Å². The van der Waals surface area contributed by atoms with E-state index in [1.807, 2.05) is 30.3 Å². The van der Waals surface area contributed by atoms with E-state index in [-0.39, 0.29) is 12.0 Å². The van der Waals surface area contributed by atoms with Crippen molar-refractivity contribution in [2.75, 3.05) is 7.11 Å². The highest BCUT2D eigenvalue weighted by Crippen LogP contribution is 2.29. The van der Waals surface area contributed by atoms with Crippen LogP contribution in [0.1, 0.15) is 69.9 Å². The molecule has 1 aromatic rings. The minimum absolute atomic E-state index is 0.113. The fourth-order valence-electron chi connectivity index (χ4n) is 3.05. The number of benzene rings is 1. The first kappa shape index (κ1) is 21.8. The van der Waals surface area contributed by atoms with Gasteiger partial charge in [-0.1, -0.05) is 86.0 Å². The maximum Gasteiger partial charge on any atom is 0.407 e. The van der Waals surface area contributed by atoms with Crippen molar-refractivity contribution in [1.29, 1.82) is 0 Å². The van der Waals surface area contributed by atoms with Crippen molar-refractivity contribution in [1.82, 2.24) is 5.32 Å². The van der Waals surface area contributed by atoms with E-state index in [2.05, 4.69) is 34.7 Å². The van der Waals surface area contributed by atoms with Crippen LogP contribution in [0.2, 0.25) is 0 Å². The lowest BCUT2D eigenvalue weighted by Gasteiger charge is -2.26. The van der Waals surface area contributed by atoms with Gasteiger partial charge >= 0.3 is 6.09 Å². The first-order valence-electron chi connectivity index (χ1n) is 9.34. The Hall–Kier alpha value is -1.29. The van der Waals surface area contributed by atoms with Crippen molar-refractivity contribution in [3.05, 3.63) is 47.0 Å². The third-order valence-electron chi connectivity index (χ3n) is 4.56. The van der Waals surface area contributed by atoms with Crippen LogP contribution in [0, 0.1) is 5.92 Å². The molecule has 1 amide bonds. The van der Waals surface area contributed by atoms with Crippen LogP contribution in [-0.2, 0) is 4.74 Å². The number of amides is 1. The summed E-state index contributed by atoms with van der Waals surface area (Å²) in [6.45, 7) is 6.24. The molecule has 0 radical (unpaired) electrons. The smallest absolute Gasteiger partial charge is 0.407 e. The second-order valence-corrected chi connectivity index (χ2v) is 7.39. The summed E-state index contributed by atoms with van der Waals surface area (Å²) in [4.78, 5) is 11.8. The van der Waals surface area contributed by atoms with E-state index in [9.17, 15) is 4.79 Å². The van der Waals surface area contributed by atoms with Crippen LogP contribution >= 0.6 is 15.9 Å². The van der Waals surface area contributed by atoms with Gasteiger partial charge < -0.3 is 10.1 Å². The van der Waals surface area contributed by atoms with Crippen molar-refractivity contribution in [2.45, 2.75) is 64.3 Å². The molecular formula is C21H32BrNO2. The number of carbonyl (C=O) groups is 1. The molecule has 2 atom stereocenters. The number of alkyl carbamates (subject to hydrolysis) is 1. The summed E-state index contributed by atoms with van der Waals surface area (Å²) in [5.74, 6) is 0.191. The minimum atomic E-state index is -0.403. The van der Waals surface area contributed by atoms with Gasteiger partial charge in [-0.15, -0.1) is 6.58 Å². The number of unbranched alkanes of at least 4 members (excludes halogenated alkanes) is 6. The largest absolute Gasteiger partial charge is 0.453 e. The standard InChI is InChI=1S/C21H32BrNO2/c1-4-6-7-8-9-10-11-12-17(5-2)20(23-21(24)25-3)18-13-15-19(22)16-14-18/h5,13-17,20H,2,4,6-12H2,1,3H3,(H,23,24)/t17-,20-/m0/s1. The summed E-state index contributed by atoms with van der Waals surface area (Å²) in [6, 6.07) is 7.94. The summed E-state index contributed by atoms with van der Waals surface area (Å²) >= 11 is 3.46. The molecule has 4 heteroatoms. The van der Waals surface area contributed by atoms with Crippen LogP contribution in [0.4, 0.5) is 4.79 Å². The Morgan fingerprint density at radius 2 is 1.76 bits per heavy atom. The topological polar surface area (TPSA) is 38.3 Å². The third kappa shape index (κ3) is 8.57. The van der Waals surface area contributed by atoms with Gasteiger partial charge in [0, 0.05) is 10.4 Å². The van der Waals surface area contributed by atoms with Crippen molar-refractivity contribution >= 4 is 22.0 Å². The molecule has 0 fully saturated rings. The predicted octanol–water partition coefficient (Wildman–Crippen LogP) is 6.79. The van der Waals surface area contributed by atoms with Gasteiger partial charge in [0.2, 0.25) is 0 Å². The molecule has 0 aromatic heterocycles. The van der Waals surface area contributed by atoms with Crippen LogP contribution in [0.15, 0.2) is 41.4 Å². The first-order chi connectivity index (χ1) is 12.1. The Morgan fingerprint density at radius 1 is 1.16 bits per heavy atom. The molecule has 0 heterocycles. The van der Waals surface area contributed by atoms with E-state index in [1.165, 1.54) is 45.6 Å². The van der Waals surface area contributed by atoms with E-state index >= 15 is 0 Å². The maximum absolute atomic E-state index is 11.8. The molecule has 140 valence electrons. The van der Waals surface area contributed by atoms with Gasteiger partial charge in [-0.05, 0) is 24.1 Å². The Bertz CT molecular complexity index is 501. The van der Waals surface area contributed by atoms with Crippen LogP contribution in [-0.4, -0.2) is 13.2 Å². The van der Waals surface area contributed by atoms with Gasteiger partial charge in [0.15, 0.2) is 0 Å². The average molecular weight is 410 g/mol. The number of ether oxygens (including phenoxy) is 1. The van der Waals surface area contributed by atoms with Crippen LogP contribution in [0.25, 0.3) is 0 Å². The summed E-state index contributed by atoms with van der Waals surface area (Å²) in [6.07, 6.45) is 11.5. The van der Waals surface area contributed by atoms with Crippen molar-refractivity contribution in [2.24, 2.45) is 5.92 Å². The number of methoxy groups -OCH3 is 1. The van der Waals surface area contributed by atoms with Gasteiger partial charge in [-0.3, -0.25) is 0 Å². The molecular weight excluding hydrogens is 378 g/mol. The van der Waals surface area contributed by atoms with Gasteiger partial charge in [-0.25, -0.2) is 4.79 Å². The quantitative estimate of drug-likeness (QED) is 0.304. The Balaban J connectivity index is 2.62. The van der Waals surface area contributed by atoms with E-state index in [0.717, 1.165) is 22.9 Å². The molecule has 0 bridgehead atoms. The second-order valence-electron chi connectivity index (χ2n) is 6.47. The van der Waals surface area contributed by atoms with Crippen molar-refractivity contribution in [3.8, 4) is 0 Å². The lowest BCUT2D eigenvalue weighted by atomic mass is 9.88. The van der Waals surface area contributed by atoms with Gasteiger partial charge in [0.1, 0.15) is 0 Å². The highest BCUT2D eigenvalue weighted by Gasteiger charge is 2.22. The number of carbonyl (C=O) groups excluding carboxylic acids is 1. The predicted molar refractivity (Wildman–Crippen MR) is 109 cm³/mol. The molecule has 0 unspecified atom stereocenters. The molecule has 1 N–H and O–H groups in total. The van der Waals surface area contributed by atoms with Crippen LogP contribution in [0.5, 0.6) is 0 Å². The van der Waals surface area contributed by atoms with Crippen molar-refractivity contribution < 1.29 is 9.53 Å². The fraction of sp³-hybridized carbons (Fsp3) is 0.571. The molecule has 3 nitrogen and oxygen atoms in total. The van der Waals surface area contributed by atoms with Gasteiger partial charge in [-0.2, -0.15) is 0 Å². The third-order valence-corrected chi connectivity index (χ3v) is 5.09. The molecule has 1 rings (SSSR count). The molecule has 0 aliphatic rings. The first-order valence-corrected chi connectivity index (χ1v) is 10.1. The number of halogens is 1. The van der Waals surface area contributed by atoms with Crippen LogP contribution < -0.4 is 5.32 Å². The molecule has 0 saturated carbocycles. The van der Waals surface area contributed by atoms with Crippen LogP contribution in [0.3, 0.4) is 0 Å². The maximum atomic E-state index is 11.8. The SMILES string of the molecule is C=C[C@@H](CCCCCCCCC)[C@H](NC(=O)OC)c1ccc(Br)cc1. The molecule has 0 aliphatic carbocycles. The van der Waals surface area contributed by atoms with Crippen molar-refractivity contribution in [3.63, 3.8) is 0 Å². The highest BCUT2D eigenvalue weighted by molar-refractivity contribution is 9.10. The fourth-order valence-corrected chi connectivity index (χ4v) is 3.32. The molecule has 25 heavy (non-hydrogen) atoms. The van der Waals surface area contributed by atoms with E-state index in [1.54, 1.807) is 0 Å². The summed E-state index contributed by atoms with van der Waals surface area (Å²) in [5, 5.41) is 2.97. The summed E-state index contributed by atoms with van der Waals surface area (Å²) in [7, 11) is 1.40. The van der Waals surface area contributed by atoms with E-state index in [0.29, 0.717) is 0 Å². The monoisotopic (exact) mass is 409 g/mol. The number of rotatable bonds is 12. The molecule has 0 saturated heterocycles. The zero-order valence-electron chi connectivity index (χ0n) is 15.6. The Morgan fingerprint density at radius 3 is 2.32 bits per heavy atom. The Labute approximate surface area is 161 Å². The lowest BCUT2D eigenvalue weighted by molar-refractivity contribution is 0.163. The highest BCUT2D eigenvalue weighted by atomic mass is 79.9. The number of hydrogen-bond acceptors (Lipinski definition) is 2. The summed E-state index contributed by atoms with van der Waals surface area (Å²) in [5.41, 5.74) is 1.07. The molecule has 1 aromatic carbocycles. The zero-order chi connectivity index (χ0) is 18.5. The second kappa shape index (κ2) is 13.0. The Kier molecular flexibility index (Phi) is 11.3. The van der Waals surface area contributed by atoms with E-state index in [4.69, 9.17) is 4.74 Å². The van der Waals surface area contributed by atoms with Gasteiger partial charge in [0.05, 0.1) is 13.2 Å². The average Bonchev–Trinajstić information content (AvgIpc) is 2.63. The lowest BCUT2D eigenvalue weighted by Crippen LogP contribution is -2.32. The van der Waals surface area contributed by atoms with Gasteiger partial charge in [0.25, 0.3) is 0 Å².